The van der Waals surface area contributed by atoms with Gasteiger partial charge in [-0.1, -0.05) is 54.6 Å². The van der Waals surface area contributed by atoms with Gasteiger partial charge in [-0.25, -0.2) is 0 Å². The number of hydrogen-bond donors (Lipinski definition) is 1. The Morgan fingerprint density at radius 1 is 0.913 bits per heavy atom. The highest BCUT2D eigenvalue weighted by Gasteiger charge is 2.41. The molecule has 2 aromatic carbocycles. The molecule has 1 saturated heterocycles. The molecule has 1 fully saturated rings. The van der Waals surface area contributed by atoms with Crippen LogP contribution in [0.1, 0.15) is 29.5 Å². The minimum atomic E-state index is -0.0917. The van der Waals surface area contributed by atoms with Crippen molar-refractivity contribution in [2.45, 2.75) is 25.0 Å². The molecule has 0 unspecified atom stereocenters. The molecule has 3 heteroatoms. The fraction of sp³-hybridized carbons (Fsp3) is 0.300. The Bertz CT molecular complexity index is 675. The molecule has 4 rings (SSSR count). The van der Waals surface area contributed by atoms with Crippen molar-refractivity contribution in [2.75, 3.05) is 13.1 Å². The molecule has 0 aromatic heterocycles. The fourth-order valence-electron chi connectivity index (χ4n) is 3.81. The van der Waals surface area contributed by atoms with Gasteiger partial charge < -0.3 is 26.6 Å². The van der Waals surface area contributed by atoms with Gasteiger partial charge in [0.2, 0.25) is 0 Å². The third-order valence-corrected chi connectivity index (χ3v) is 5.05. The maximum atomic E-state index is 6.14. The Balaban J connectivity index is 0.00000156. The van der Waals surface area contributed by atoms with Crippen molar-refractivity contribution in [3.05, 3.63) is 77.5 Å². The van der Waals surface area contributed by atoms with Crippen molar-refractivity contribution in [3.63, 3.8) is 0 Å². The Labute approximate surface area is 148 Å². The lowest BCUT2D eigenvalue weighted by molar-refractivity contribution is -0.921. The van der Waals surface area contributed by atoms with Gasteiger partial charge in [-0.15, -0.1) is 0 Å². The average Bonchev–Trinajstić information content (AvgIpc) is 2.59. The van der Waals surface area contributed by atoms with Crippen LogP contribution in [0.4, 0.5) is 0 Å². The Morgan fingerprint density at radius 3 is 2.39 bits per heavy atom. The minimum Gasteiger partial charge on any atom is -1.00 e. The summed E-state index contributed by atoms with van der Waals surface area (Å²) in [6, 6.07) is 19.5. The van der Waals surface area contributed by atoms with Crippen molar-refractivity contribution >= 4 is 6.08 Å². The summed E-state index contributed by atoms with van der Waals surface area (Å²) in [6.45, 7) is 3.45. The van der Waals surface area contributed by atoms with Crippen LogP contribution in [0.2, 0.25) is 0 Å². The van der Waals surface area contributed by atoms with Crippen LogP contribution < -0.4 is 21.9 Å². The van der Waals surface area contributed by atoms with Crippen LogP contribution in [0.25, 0.3) is 6.08 Å². The second kappa shape index (κ2) is 6.90. The topological polar surface area (TPSA) is 13.7 Å². The van der Waals surface area contributed by atoms with Crippen molar-refractivity contribution in [1.29, 1.82) is 0 Å². The molecule has 0 atom stereocenters. The zero-order valence-corrected chi connectivity index (χ0v) is 14.8. The van der Waals surface area contributed by atoms with Crippen LogP contribution in [-0.2, 0) is 16.9 Å². The first-order valence-corrected chi connectivity index (χ1v) is 8.17. The van der Waals surface area contributed by atoms with E-state index in [1.165, 1.54) is 16.7 Å². The Hall–Kier alpha value is -1.58. The fourth-order valence-corrected chi connectivity index (χ4v) is 3.81. The van der Waals surface area contributed by atoms with E-state index in [-0.39, 0.29) is 22.6 Å². The average molecular weight is 372 g/mol. The van der Waals surface area contributed by atoms with Crippen molar-refractivity contribution in [3.8, 4) is 0 Å². The van der Waals surface area contributed by atoms with Gasteiger partial charge in [0.15, 0.2) is 0 Å². The molecule has 120 valence electrons. The van der Waals surface area contributed by atoms with Crippen LogP contribution in [0.15, 0.2) is 60.9 Å². The molecule has 0 amide bonds. The highest BCUT2D eigenvalue weighted by molar-refractivity contribution is 5.57. The highest BCUT2D eigenvalue weighted by atomic mass is 79.9. The van der Waals surface area contributed by atoms with E-state index in [9.17, 15) is 0 Å². The number of benzene rings is 2. The summed E-state index contributed by atoms with van der Waals surface area (Å²) in [7, 11) is 0. The molecule has 0 aliphatic carbocycles. The SMILES string of the molecule is C1=Cc2ccccc2C2(CC[NH+](Cc3ccccc3)CC2)O1.[Br-]. The lowest BCUT2D eigenvalue weighted by atomic mass is 9.80. The number of halogens is 1. The summed E-state index contributed by atoms with van der Waals surface area (Å²) in [5, 5.41) is 0. The molecule has 2 aromatic rings. The number of quaternary nitrogens is 1. The summed E-state index contributed by atoms with van der Waals surface area (Å²) in [4.78, 5) is 1.66. The third kappa shape index (κ3) is 3.22. The lowest BCUT2D eigenvalue weighted by Crippen LogP contribution is -3.12. The molecular weight excluding hydrogens is 350 g/mol. The molecule has 0 bridgehead atoms. The standard InChI is InChI=1S/C20H21NO.BrH/c1-2-6-17(7-3-1)16-21-13-11-20(12-14-21)19-9-5-4-8-18(19)10-15-22-20;/h1-10,15H,11-14,16H2;1H. The van der Waals surface area contributed by atoms with E-state index < -0.39 is 0 Å². The number of likely N-dealkylation sites (tertiary alicyclic amines) is 1. The first kappa shape index (κ1) is 16.3. The van der Waals surface area contributed by atoms with Crippen LogP contribution in [-0.4, -0.2) is 13.1 Å². The Kier molecular flexibility index (Phi) is 4.88. The molecule has 2 nitrogen and oxygen atoms in total. The smallest absolute Gasteiger partial charge is 0.144 e. The largest absolute Gasteiger partial charge is 1.00 e. The van der Waals surface area contributed by atoms with Gasteiger partial charge in [0.05, 0.1) is 19.4 Å². The van der Waals surface area contributed by atoms with Crippen molar-refractivity contribution < 1.29 is 26.6 Å². The summed E-state index contributed by atoms with van der Waals surface area (Å²) in [5.41, 5.74) is 4.03. The van der Waals surface area contributed by atoms with E-state index in [0.717, 1.165) is 32.5 Å². The first-order chi connectivity index (χ1) is 10.9. The van der Waals surface area contributed by atoms with E-state index >= 15 is 0 Å². The molecule has 2 aliphatic heterocycles. The number of nitrogens with one attached hydrogen (secondary N) is 1. The molecular formula is C20H22BrNO. The predicted octanol–water partition coefficient (Wildman–Crippen LogP) is -0.234. The second-order valence-electron chi connectivity index (χ2n) is 6.41. The van der Waals surface area contributed by atoms with Gasteiger partial charge in [0.25, 0.3) is 0 Å². The van der Waals surface area contributed by atoms with Crippen LogP contribution in [0.5, 0.6) is 0 Å². The zero-order chi connectivity index (χ0) is 14.8. The van der Waals surface area contributed by atoms with Crippen molar-refractivity contribution in [2.24, 2.45) is 0 Å². The first-order valence-electron chi connectivity index (χ1n) is 8.17. The van der Waals surface area contributed by atoms with E-state index in [0.29, 0.717) is 0 Å². The number of ether oxygens (including phenoxy) is 1. The number of hydrogen-bond acceptors (Lipinski definition) is 1. The van der Waals surface area contributed by atoms with Crippen LogP contribution >= 0.6 is 0 Å². The van der Waals surface area contributed by atoms with Gasteiger partial charge in [-0.05, 0) is 11.6 Å². The summed E-state index contributed by atoms with van der Waals surface area (Å²) < 4.78 is 6.14. The molecule has 1 N–H and O–H groups in total. The van der Waals surface area contributed by atoms with E-state index in [4.69, 9.17) is 4.74 Å². The zero-order valence-electron chi connectivity index (χ0n) is 13.2. The number of piperidine rings is 1. The predicted molar refractivity (Wildman–Crippen MR) is 88.3 cm³/mol. The van der Waals surface area contributed by atoms with Gasteiger partial charge in [-0.2, -0.15) is 0 Å². The molecule has 2 aliphatic rings. The second-order valence-corrected chi connectivity index (χ2v) is 6.41. The van der Waals surface area contributed by atoms with E-state index in [2.05, 4.69) is 60.7 Å². The van der Waals surface area contributed by atoms with Crippen LogP contribution in [0.3, 0.4) is 0 Å². The molecule has 1 spiro atoms. The van der Waals surface area contributed by atoms with E-state index in [1.807, 2.05) is 6.26 Å². The molecule has 2 heterocycles. The van der Waals surface area contributed by atoms with Crippen molar-refractivity contribution in [1.82, 2.24) is 0 Å². The normalized spacial score (nSPS) is 25.3. The van der Waals surface area contributed by atoms with Gasteiger partial charge in [0, 0.05) is 24.0 Å². The summed E-state index contributed by atoms with van der Waals surface area (Å²) in [6.07, 6.45) is 6.17. The summed E-state index contributed by atoms with van der Waals surface area (Å²) >= 11 is 0. The minimum absolute atomic E-state index is 0. The highest BCUT2D eigenvalue weighted by Crippen LogP contribution is 2.39. The third-order valence-electron chi connectivity index (χ3n) is 5.05. The molecule has 0 saturated carbocycles. The van der Waals surface area contributed by atoms with E-state index in [1.54, 1.807) is 4.90 Å². The number of fused-ring (bicyclic) bond motifs is 2. The maximum absolute atomic E-state index is 6.14. The number of rotatable bonds is 2. The quantitative estimate of drug-likeness (QED) is 0.769. The molecule has 0 radical (unpaired) electrons. The van der Waals surface area contributed by atoms with Crippen LogP contribution in [0, 0.1) is 0 Å². The monoisotopic (exact) mass is 371 g/mol. The maximum Gasteiger partial charge on any atom is 0.144 e. The summed E-state index contributed by atoms with van der Waals surface area (Å²) in [5.74, 6) is 0. The lowest BCUT2D eigenvalue weighted by Gasteiger charge is -2.41. The molecule has 23 heavy (non-hydrogen) atoms. The van der Waals surface area contributed by atoms with Gasteiger partial charge >= 0.3 is 0 Å². The van der Waals surface area contributed by atoms with Gasteiger partial charge in [-0.3, -0.25) is 0 Å². The Morgan fingerprint density at radius 2 is 1.61 bits per heavy atom. The van der Waals surface area contributed by atoms with Gasteiger partial charge in [0.1, 0.15) is 12.1 Å².